The Balaban J connectivity index is 2.37. The highest BCUT2D eigenvalue weighted by atomic mass is 32.2. The maximum absolute atomic E-state index is 5.09. The zero-order valence-electron chi connectivity index (χ0n) is 4.72. The van der Waals surface area contributed by atoms with Gasteiger partial charge in [-0.2, -0.15) is 0 Å². The molecule has 1 heterocycles. The van der Waals surface area contributed by atoms with Gasteiger partial charge in [-0.15, -0.1) is 0 Å². The van der Waals surface area contributed by atoms with Crippen LogP contribution in [0.25, 0.3) is 0 Å². The molecule has 0 bridgehead atoms. The SMILES string of the molecule is CC1CN=C(NN)S1. The number of hydrogen-bond acceptors (Lipinski definition) is 4. The van der Waals surface area contributed by atoms with Crippen LogP contribution in [0.15, 0.2) is 4.99 Å². The van der Waals surface area contributed by atoms with E-state index in [4.69, 9.17) is 5.84 Å². The molecule has 1 aliphatic rings. The summed E-state index contributed by atoms with van der Waals surface area (Å²) in [7, 11) is 0. The van der Waals surface area contributed by atoms with Crippen LogP contribution in [0.3, 0.4) is 0 Å². The minimum absolute atomic E-state index is 0.598. The van der Waals surface area contributed by atoms with Crippen LogP contribution in [0.4, 0.5) is 0 Å². The molecule has 0 radical (unpaired) electrons. The van der Waals surface area contributed by atoms with Gasteiger partial charge in [0.1, 0.15) is 0 Å². The summed E-state index contributed by atoms with van der Waals surface area (Å²) in [5.74, 6) is 5.09. The van der Waals surface area contributed by atoms with Gasteiger partial charge in [0, 0.05) is 5.25 Å². The van der Waals surface area contributed by atoms with Gasteiger partial charge in [-0.3, -0.25) is 4.99 Å². The van der Waals surface area contributed by atoms with Crippen LogP contribution in [0.2, 0.25) is 0 Å². The smallest absolute Gasteiger partial charge is 0.171 e. The van der Waals surface area contributed by atoms with Gasteiger partial charge in [0.05, 0.1) is 6.54 Å². The van der Waals surface area contributed by atoms with Crippen molar-refractivity contribution in [1.29, 1.82) is 0 Å². The minimum Gasteiger partial charge on any atom is -0.303 e. The molecule has 0 aliphatic carbocycles. The molecule has 8 heavy (non-hydrogen) atoms. The highest BCUT2D eigenvalue weighted by molar-refractivity contribution is 8.14. The lowest BCUT2D eigenvalue weighted by Gasteiger charge is -1.96. The van der Waals surface area contributed by atoms with Crippen molar-refractivity contribution in [1.82, 2.24) is 5.43 Å². The summed E-state index contributed by atoms with van der Waals surface area (Å²) < 4.78 is 0. The molecule has 0 spiro atoms. The topological polar surface area (TPSA) is 50.4 Å². The molecule has 1 rings (SSSR count). The lowest BCUT2D eigenvalue weighted by atomic mass is 10.5. The maximum atomic E-state index is 5.09. The van der Waals surface area contributed by atoms with Gasteiger partial charge in [-0.25, -0.2) is 5.84 Å². The first-order valence-corrected chi connectivity index (χ1v) is 3.38. The summed E-state index contributed by atoms with van der Waals surface area (Å²) in [6.07, 6.45) is 0. The van der Waals surface area contributed by atoms with Crippen LogP contribution < -0.4 is 11.3 Å². The van der Waals surface area contributed by atoms with E-state index in [1.54, 1.807) is 11.8 Å². The van der Waals surface area contributed by atoms with Gasteiger partial charge < -0.3 is 5.43 Å². The molecular formula is C4H9N3S. The number of nitrogens with two attached hydrogens (primary N) is 1. The minimum atomic E-state index is 0.598. The molecule has 0 fully saturated rings. The molecule has 3 nitrogen and oxygen atoms in total. The Morgan fingerprint density at radius 2 is 2.75 bits per heavy atom. The average Bonchev–Trinajstić information content (AvgIpc) is 2.14. The van der Waals surface area contributed by atoms with Gasteiger partial charge in [0.2, 0.25) is 0 Å². The van der Waals surface area contributed by atoms with Gasteiger partial charge in [0.25, 0.3) is 0 Å². The normalized spacial score (nSPS) is 27.8. The summed E-state index contributed by atoms with van der Waals surface area (Å²) in [6, 6.07) is 0. The van der Waals surface area contributed by atoms with Gasteiger partial charge in [-0.1, -0.05) is 18.7 Å². The van der Waals surface area contributed by atoms with E-state index >= 15 is 0 Å². The fraction of sp³-hybridized carbons (Fsp3) is 0.750. The zero-order valence-corrected chi connectivity index (χ0v) is 5.53. The maximum Gasteiger partial charge on any atom is 0.171 e. The Hall–Kier alpha value is -0.220. The highest BCUT2D eigenvalue weighted by Crippen LogP contribution is 2.17. The molecule has 0 aromatic carbocycles. The largest absolute Gasteiger partial charge is 0.303 e. The molecule has 0 aromatic rings. The third-order valence-electron chi connectivity index (χ3n) is 0.928. The average molecular weight is 131 g/mol. The van der Waals surface area contributed by atoms with E-state index in [0.29, 0.717) is 5.25 Å². The lowest BCUT2D eigenvalue weighted by Crippen LogP contribution is -2.26. The van der Waals surface area contributed by atoms with E-state index in [2.05, 4.69) is 17.3 Å². The van der Waals surface area contributed by atoms with E-state index < -0.39 is 0 Å². The van der Waals surface area contributed by atoms with Crippen LogP contribution in [0.5, 0.6) is 0 Å². The van der Waals surface area contributed by atoms with Crippen molar-refractivity contribution in [3.05, 3.63) is 0 Å². The third kappa shape index (κ3) is 1.14. The lowest BCUT2D eigenvalue weighted by molar-refractivity contribution is 0.961. The number of hydrogen-bond donors (Lipinski definition) is 2. The summed E-state index contributed by atoms with van der Waals surface area (Å²) in [6.45, 7) is 3.02. The molecular weight excluding hydrogens is 122 g/mol. The molecule has 4 heteroatoms. The molecule has 1 unspecified atom stereocenters. The summed E-state index contributed by atoms with van der Waals surface area (Å²) in [4.78, 5) is 4.08. The second kappa shape index (κ2) is 2.37. The van der Waals surface area contributed by atoms with Crippen LogP contribution in [-0.4, -0.2) is 17.0 Å². The van der Waals surface area contributed by atoms with E-state index in [1.807, 2.05) is 0 Å². The van der Waals surface area contributed by atoms with Crippen molar-refractivity contribution in [2.75, 3.05) is 6.54 Å². The fourth-order valence-electron chi connectivity index (χ4n) is 0.556. The Labute approximate surface area is 52.7 Å². The molecule has 0 saturated carbocycles. The molecule has 46 valence electrons. The van der Waals surface area contributed by atoms with Gasteiger partial charge >= 0.3 is 0 Å². The Morgan fingerprint density at radius 1 is 2.00 bits per heavy atom. The Kier molecular flexibility index (Phi) is 1.75. The molecule has 3 N–H and O–H groups in total. The fourth-order valence-corrected chi connectivity index (χ4v) is 1.30. The van der Waals surface area contributed by atoms with Gasteiger partial charge in [-0.05, 0) is 0 Å². The molecule has 0 aromatic heterocycles. The predicted octanol–water partition coefficient (Wildman–Crippen LogP) is -0.0590. The van der Waals surface area contributed by atoms with Crippen LogP contribution in [-0.2, 0) is 0 Å². The Bertz CT molecular complexity index is 112. The summed E-state index contributed by atoms with van der Waals surface area (Å²) >= 11 is 1.68. The first-order valence-electron chi connectivity index (χ1n) is 2.50. The Morgan fingerprint density at radius 3 is 3.00 bits per heavy atom. The second-order valence-corrected chi connectivity index (χ2v) is 3.15. The molecule has 0 saturated heterocycles. The second-order valence-electron chi connectivity index (χ2n) is 1.72. The first kappa shape index (κ1) is 5.91. The summed E-state index contributed by atoms with van der Waals surface area (Å²) in [5, 5.41) is 1.46. The predicted molar refractivity (Wildman–Crippen MR) is 36.7 cm³/mol. The zero-order chi connectivity index (χ0) is 5.98. The number of nitrogens with zero attached hydrogens (tertiary/aromatic N) is 1. The van der Waals surface area contributed by atoms with Crippen molar-refractivity contribution in [2.24, 2.45) is 10.8 Å². The highest BCUT2D eigenvalue weighted by Gasteiger charge is 2.12. The number of aliphatic imine (C=N–C) groups is 1. The number of nitrogens with one attached hydrogen (secondary N) is 1. The van der Waals surface area contributed by atoms with Crippen molar-refractivity contribution in [3.63, 3.8) is 0 Å². The quantitative estimate of drug-likeness (QED) is 0.358. The number of hydrazine groups is 1. The number of thioether (sulfide) groups is 1. The molecule has 1 aliphatic heterocycles. The van der Waals surface area contributed by atoms with Crippen LogP contribution >= 0.6 is 11.8 Å². The summed E-state index contributed by atoms with van der Waals surface area (Å²) in [5.41, 5.74) is 2.51. The van der Waals surface area contributed by atoms with Crippen LogP contribution in [0.1, 0.15) is 6.92 Å². The van der Waals surface area contributed by atoms with E-state index in [-0.39, 0.29) is 0 Å². The molecule has 0 amide bonds. The molecule has 1 atom stereocenters. The standard InChI is InChI=1S/C4H9N3S/c1-3-2-6-4(7-5)8-3/h3H,2,5H2,1H3,(H,6,7). The third-order valence-corrected chi connectivity index (χ3v) is 1.95. The number of rotatable bonds is 0. The van der Waals surface area contributed by atoms with Crippen molar-refractivity contribution in [3.8, 4) is 0 Å². The van der Waals surface area contributed by atoms with E-state index in [1.165, 1.54) is 0 Å². The number of amidine groups is 1. The van der Waals surface area contributed by atoms with Crippen molar-refractivity contribution < 1.29 is 0 Å². The van der Waals surface area contributed by atoms with Crippen molar-refractivity contribution >= 4 is 16.9 Å². The van der Waals surface area contributed by atoms with Crippen molar-refractivity contribution in [2.45, 2.75) is 12.2 Å². The van der Waals surface area contributed by atoms with E-state index in [9.17, 15) is 0 Å². The van der Waals surface area contributed by atoms with E-state index in [0.717, 1.165) is 11.7 Å². The monoisotopic (exact) mass is 131 g/mol. The first-order chi connectivity index (χ1) is 3.83. The van der Waals surface area contributed by atoms with Gasteiger partial charge in [0.15, 0.2) is 5.17 Å². The van der Waals surface area contributed by atoms with Crippen LogP contribution in [0, 0.1) is 0 Å².